The van der Waals surface area contributed by atoms with Gasteiger partial charge in [-0.3, -0.25) is 0 Å². The van der Waals surface area contributed by atoms with Crippen LogP contribution < -0.4 is 5.32 Å². The molecule has 0 unspecified atom stereocenters. The van der Waals surface area contributed by atoms with Gasteiger partial charge in [0.15, 0.2) is 0 Å². The smallest absolute Gasteiger partial charge is 0.208 e. The number of oxazole rings is 1. The van der Waals surface area contributed by atoms with E-state index in [1.165, 1.54) is 12.8 Å². The van der Waals surface area contributed by atoms with Gasteiger partial charge in [-0.05, 0) is 31.2 Å². The maximum absolute atomic E-state index is 5.64. The van der Waals surface area contributed by atoms with E-state index >= 15 is 0 Å². The molecule has 0 bridgehead atoms. The molecule has 1 fully saturated rings. The van der Waals surface area contributed by atoms with E-state index in [2.05, 4.69) is 24.1 Å². The molecular weight excluding hydrogens is 188 g/mol. The number of rotatable bonds is 6. The van der Waals surface area contributed by atoms with E-state index < -0.39 is 0 Å². The molecule has 84 valence electrons. The van der Waals surface area contributed by atoms with E-state index in [4.69, 9.17) is 4.42 Å². The zero-order valence-electron chi connectivity index (χ0n) is 9.62. The van der Waals surface area contributed by atoms with Gasteiger partial charge >= 0.3 is 0 Å². The Bertz CT molecular complexity index is 302. The highest BCUT2D eigenvalue weighted by atomic mass is 16.4. The maximum atomic E-state index is 5.64. The molecule has 1 aliphatic carbocycles. The summed E-state index contributed by atoms with van der Waals surface area (Å²) in [7, 11) is 0. The average Bonchev–Trinajstić information content (AvgIpc) is 2.86. The molecule has 3 nitrogen and oxygen atoms in total. The van der Waals surface area contributed by atoms with Crippen LogP contribution in [-0.4, -0.2) is 11.5 Å². The van der Waals surface area contributed by atoms with Gasteiger partial charge in [0.1, 0.15) is 5.76 Å². The number of nitrogens with zero attached hydrogens (tertiary/aromatic N) is 1. The molecule has 0 spiro atoms. The van der Waals surface area contributed by atoms with Crippen LogP contribution in [0.15, 0.2) is 10.6 Å². The topological polar surface area (TPSA) is 38.1 Å². The minimum Gasteiger partial charge on any atom is -0.444 e. The lowest BCUT2D eigenvalue weighted by molar-refractivity contribution is 0.421. The lowest BCUT2D eigenvalue weighted by Crippen LogP contribution is -2.19. The molecule has 0 saturated heterocycles. The molecule has 0 aliphatic heterocycles. The lowest BCUT2D eigenvalue weighted by Gasteiger charge is -2.04. The third-order valence-electron chi connectivity index (χ3n) is 2.62. The van der Waals surface area contributed by atoms with Crippen molar-refractivity contribution in [1.29, 1.82) is 0 Å². The third kappa shape index (κ3) is 3.67. The van der Waals surface area contributed by atoms with E-state index in [-0.39, 0.29) is 0 Å². The van der Waals surface area contributed by atoms with E-state index in [9.17, 15) is 0 Å². The van der Waals surface area contributed by atoms with Gasteiger partial charge in [-0.25, -0.2) is 4.98 Å². The van der Waals surface area contributed by atoms with Gasteiger partial charge in [0, 0.05) is 6.42 Å². The van der Waals surface area contributed by atoms with Crippen molar-refractivity contribution in [3.63, 3.8) is 0 Å². The van der Waals surface area contributed by atoms with Crippen molar-refractivity contribution in [1.82, 2.24) is 10.3 Å². The Morgan fingerprint density at radius 2 is 2.33 bits per heavy atom. The van der Waals surface area contributed by atoms with E-state index in [1.54, 1.807) is 0 Å². The van der Waals surface area contributed by atoms with E-state index in [0.717, 1.165) is 37.1 Å². The van der Waals surface area contributed by atoms with E-state index in [1.807, 2.05) is 6.20 Å². The Labute approximate surface area is 91.3 Å². The Morgan fingerprint density at radius 1 is 1.53 bits per heavy atom. The summed E-state index contributed by atoms with van der Waals surface area (Å²) in [6, 6.07) is 0. The standard InChI is InChI=1S/C12H20N2O/c1-9(2)6-13-8-12-14-7-11(15-12)5-10-3-4-10/h7,9-10,13H,3-6,8H2,1-2H3. The molecule has 1 heterocycles. The van der Waals surface area contributed by atoms with Crippen LogP contribution in [-0.2, 0) is 13.0 Å². The van der Waals surface area contributed by atoms with Gasteiger partial charge in [0.25, 0.3) is 0 Å². The zero-order chi connectivity index (χ0) is 10.7. The molecule has 2 rings (SSSR count). The Hall–Kier alpha value is -0.830. The molecule has 1 aromatic rings. The van der Waals surface area contributed by atoms with Gasteiger partial charge < -0.3 is 9.73 Å². The first-order valence-corrected chi connectivity index (χ1v) is 5.88. The molecule has 1 saturated carbocycles. The summed E-state index contributed by atoms with van der Waals surface area (Å²) in [6.07, 6.45) is 5.69. The third-order valence-corrected chi connectivity index (χ3v) is 2.62. The summed E-state index contributed by atoms with van der Waals surface area (Å²) in [5.74, 6) is 3.42. The lowest BCUT2D eigenvalue weighted by atomic mass is 10.2. The van der Waals surface area contributed by atoms with Crippen LogP contribution in [0, 0.1) is 11.8 Å². The van der Waals surface area contributed by atoms with Gasteiger partial charge in [-0.2, -0.15) is 0 Å². The normalized spacial score (nSPS) is 16.2. The summed E-state index contributed by atoms with van der Waals surface area (Å²) in [5, 5.41) is 3.33. The van der Waals surface area contributed by atoms with Gasteiger partial charge in [0.2, 0.25) is 5.89 Å². The van der Waals surface area contributed by atoms with Crippen LogP contribution in [0.4, 0.5) is 0 Å². The average molecular weight is 208 g/mol. The van der Waals surface area contributed by atoms with Crippen LogP contribution in [0.1, 0.15) is 38.3 Å². The van der Waals surface area contributed by atoms with Crippen molar-refractivity contribution in [3.8, 4) is 0 Å². The summed E-state index contributed by atoms with van der Waals surface area (Å²) < 4.78 is 5.64. The molecule has 0 radical (unpaired) electrons. The van der Waals surface area contributed by atoms with Crippen LogP contribution in [0.25, 0.3) is 0 Å². The van der Waals surface area contributed by atoms with Crippen molar-refractivity contribution in [2.24, 2.45) is 11.8 Å². The number of hydrogen-bond donors (Lipinski definition) is 1. The van der Waals surface area contributed by atoms with Gasteiger partial charge in [-0.15, -0.1) is 0 Å². The molecule has 1 N–H and O–H groups in total. The first-order valence-electron chi connectivity index (χ1n) is 5.88. The van der Waals surface area contributed by atoms with Gasteiger partial charge in [-0.1, -0.05) is 13.8 Å². The first-order chi connectivity index (χ1) is 7.24. The summed E-state index contributed by atoms with van der Waals surface area (Å²) in [4.78, 5) is 4.26. The highest BCUT2D eigenvalue weighted by Gasteiger charge is 2.23. The SMILES string of the molecule is CC(C)CNCc1ncc(CC2CC2)o1. The fourth-order valence-electron chi connectivity index (χ4n) is 1.60. The molecule has 1 aliphatic rings. The van der Waals surface area contributed by atoms with Gasteiger partial charge in [0.05, 0.1) is 12.7 Å². The molecule has 3 heteroatoms. The molecule has 15 heavy (non-hydrogen) atoms. The Morgan fingerprint density at radius 3 is 3.00 bits per heavy atom. The second kappa shape index (κ2) is 4.79. The van der Waals surface area contributed by atoms with Crippen LogP contribution >= 0.6 is 0 Å². The van der Waals surface area contributed by atoms with Crippen molar-refractivity contribution >= 4 is 0 Å². The molecule has 0 aromatic carbocycles. The van der Waals surface area contributed by atoms with Crippen molar-refractivity contribution in [2.75, 3.05) is 6.54 Å². The summed E-state index contributed by atoms with van der Waals surface area (Å²) >= 11 is 0. The molecule has 0 amide bonds. The highest BCUT2D eigenvalue weighted by molar-refractivity contribution is 4.98. The minimum absolute atomic E-state index is 0.672. The number of nitrogens with one attached hydrogen (secondary N) is 1. The van der Waals surface area contributed by atoms with Crippen LogP contribution in [0.3, 0.4) is 0 Å². The maximum Gasteiger partial charge on any atom is 0.208 e. The van der Waals surface area contributed by atoms with Crippen molar-refractivity contribution < 1.29 is 4.42 Å². The summed E-state index contributed by atoms with van der Waals surface area (Å²) in [6.45, 7) is 6.16. The molecular formula is C12H20N2O. The predicted octanol–water partition coefficient (Wildman–Crippen LogP) is 2.37. The quantitative estimate of drug-likeness (QED) is 0.780. The van der Waals surface area contributed by atoms with Crippen molar-refractivity contribution in [3.05, 3.63) is 17.8 Å². The fraction of sp³-hybridized carbons (Fsp3) is 0.750. The predicted molar refractivity (Wildman–Crippen MR) is 59.5 cm³/mol. The fourth-order valence-corrected chi connectivity index (χ4v) is 1.60. The monoisotopic (exact) mass is 208 g/mol. The van der Waals surface area contributed by atoms with Crippen LogP contribution in [0.5, 0.6) is 0 Å². The molecule has 0 atom stereocenters. The Kier molecular flexibility index (Phi) is 3.41. The van der Waals surface area contributed by atoms with E-state index in [0.29, 0.717) is 5.92 Å². The summed E-state index contributed by atoms with van der Waals surface area (Å²) in [5.41, 5.74) is 0. The first kappa shape index (κ1) is 10.7. The minimum atomic E-state index is 0.672. The second-order valence-corrected chi connectivity index (χ2v) is 4.89. The number of aromatic nitrogens is 1. The largest absolute Gasteiger partial charge is 0.444 e. The van der Waals surface area contributed by atoms with Crippen LogP contribution in [0.2, 0.25) is 0 Å². The highest BCUT2D eigenvalue weighted by Crippen LogP contribution is 2.32. The zero-order valence-corrected chi connectivity index (χ0v) is 9.62. The Balaban J connectivity index is 1.73. The van der Waals surface area contributed by atoms with Crippen molar-refractivity contribution in [2.45, 2.75) is 39.7 Å². The number of hydrogen-bond acceptors (Lipinski definition) is 3. The molecule has 1 aromatic heterocycles. The second-order valence-electron chi connectivity index (χ2n) is 4.89.